The minimum atomic E-state index is -4.72. The van der Waals surface area contributed by atoms with Crippen LogP contribution in [-0.2, 0) is 6.18 Å². The zero-order chi connectivity index (χ0) is 19.2. The molecular formula is C18H18ClF3N4O. The van der Waals surface area contributed by atoms with Crippen LogP contribution < -0.4 is 5.32 Å². The summed E-state index contributed by atoms with van der Waals surface area (Å²) in [5, 5.41) is 7.69. The summed E-state index contributed by atoms with van der Waals surface area (Å²) >= 11 is 5.81. The van der Waals surface area contributed by atoms with Crippen LogP contribution in [0.1, 0.15) is 35.3 Å². The molecule has 5 nitrogen and oxygen atoms in total. The molecule has 9 heteroatoms. The third kappa shape index (κ3) is 3.55. The summed E-state index contributed by atoms with van der Waals surface area (Å²) in [6.07, 6.45) is -0.977. The van der Waals surface area contributed by atoms with Crippen LogP contribution in [0.15, 0.2) is 30.5 Å². The van der Waals surface area contributed by atoms with Gasteiger partial charge >= 0.3 is 6.18 Å². The van der Waals surface area contributed by atoms with E-state index in [1.807, 2.05) is 0 Å². The number of nitrogens with zero attached hydrogens (tertiary/aromatic N) is 3. The number of benzene rings is 1. The molecule has 0 radical (unpaired) electrons. The second-order valence-electron chi connectivity index (χ2n) is 6.97. The number of rotatable bonds is 2. The lowest BCUT2D eigenvalue weighted by molar-refractivity contribution is -0.143. The van der Waals surface area contributed by atoms with Crippen molar-refractivity contribution < 1.29 is 18.0 Å². The maximum absolute atomic E-state index is 13.8. The predicted molar refractivity (Wildman–Crippen MR) is 94.0 cm³/mol. The molecule has 2 unspecified atom stereocenters. The second-order valence-corrected chi connectivity index (χ2v) is 7.41. The summed E-state index contributed by atoms with van der Waals surface area (Å²) in [4.78, 5) is 14.4. The Morgan fingerprint density at radius 2 is 1.85 bits per heavy atom. The molecule has 2 saturated heterocycles. The van der Waals surface area contributed by atoms with E-state index in [0.29, 0.717) is 24.2 Å². The summed E-state index contributed by atoms with van der Waals surface area (Å²) in [5.74, 6) is -0.628. The minimum Gasteiger partial charge on any atom is -0.337 e. The zero-order valence-electron chi connectivity index (χ0n) is 14.3. The predicted octanol–water partition coefficient (Wildman–Crippen LogP) is 3.51. The van der Waals surface area contributed by atoms with Crippen molar-refractivity contribution in [3.05, 3.63) is 46.7 Å². The van der Waals surface area contributed by atoms with E-state index in [-0.39, 0.29) is 11.7 Å². The first kappa shape index (κ1) is 18.3. The van der Waals surface area contributed by atoms with Gasteiger partial charge in [0.2, 0.25) is 0 Å². The third-order valence-corrected chi connectivity index (χ3v) is 5.40. The second kappa shape index (κ2) is 6.83. The number of fused-ring (bicyclic) bond motifs is 2. The number of halogens is 4. The number of hydrogen-bond donors (Lipinski definition) is 1. The maximum atomic E-state index is 13.8. The van der Waals surface area contributed by atoms with Gasteiger partial charge in [-0.1, -0.05) is 11.6 Å². The standard InChI is InChI=1S/C18H18ClF3N4O/c19-11-1-5-14(6-2-11)26-16(18(20,21)22)15(9-23-26)17(27)25-8-7-12-3-4-13(10-25)24-12/h1-2,5-6,9,12-13,24H,3-4,7-8,10H2. The van der Waals surface area contributed by atoms with Crippen LogP contribution in [0.3, 0.4) is 0 Å². The number of aromatic nitrogens is 2. The summed E-state index contributed by atoms with van der Waals surface area (Å²) in [7, 11) is 0. The minimum absolute atomic E-state index is 0.141. The van der Waals surface area contributed by atoms with E-state index in [1.165, 1.54) is 29.2 Å². The van der Waals surface area contributed by atoms with E-state index in [2.05, 4.69) is 10.4 Å². The van der Waals surface area contributed by atoms with Crippen molar-refractivity contribution in [2.24, 2.45) is 0 Å². The average Bonchev–Trinajstić information content (AvgIpc) is 3.18. The van der Waals surface area contributed by atoms with Gasteiger partial charge in [-0.15, -0.1) is 0 Å². The third-order valence-electron chi connectivity index (χ3n) is 5.15. The van der Waals surface area contributed by atoms with Crippen LogP contribution in [-0.4, -0.2) is 45.8 Å². The topological polar surface area (TPSA) is 50.2 Å². The summed E-state index contributed by atoms with van der Waals surface area (Å²) < 4.78 is 42.1. The van der Waals surface area contributed by atoms with Gasteiger partial charge in [0, 0.05) is 30.2 Å². The van der Waals surface area contributed by atoms with Crippen molar-refractivity contribution in [3.63, 3.8) is 0 Å². The van der Waals surface area contributed by atoms with E-state index in [4.69, 9.17) is 11.6 Å². The lowest BCUT2D eigenvalue weighted by atomic mass is 10.1. The van der Waals surface area contributed by atoms with Crippen molar-refractivity contribution in [2.75, 3.05) is 13.1 Å². The van der Waals surface area contributed by atoms with Crippen LogP contribution in [0.4, 0.5) is 13.2 Å². The highest BCUT2D eigenvalue weighted by atomic mass is 35.5. The number of carbonyl (C=O) groups is 1. The number of likely N-dealkylation sites (tertiary alicyclic amines) is 1. The van der Waals surface area contributed by atoms with E-state index in [1.54, 1.807) is 0 Å². The molecule has 0 spiro atoms. The highest BCUT2D eigenvalue weighted by molar-refractivity contribution is 6.30. The van der Waals surface area contributed by atoms with Gasteiger partial charge in [0.1, 0.15) is 0 Å². The fourth-order valence-corrected chi connectivity index (χ4v) is 3.98. The molecule has 3 heterocycles. The molecule has 1 aromatic carbocycles. The largest absolute Gasteiger partial charge is 0.434 e. The Kier molecular flexibility index (Phi) is 4.63. The lowest BCUT2D eigenvalue weighted by Gasteiger charge is -2.24. The molecule has 2 bridgehead atoms. The van der Waals surface area contributed by atoms with Crippen molar-refractivity contribution >= 4 is 17.5 Å². The molecule has 1 aromatic heterocycles. The Balaban J connectivity index is 1.70. The Hall–Kier alpha value is -2.06. The van der Waals surface area contributed by atoms with Gasteiger partial charge in [-0.2, -0.15) is 18.3 Å². The highest BCUT2D eigenvalue weighted by Gasteiger charge is 2.42. The molecule has 2 aliphatic rings. The van der Waals surface area contributed by atoms with E-state index in [0.717, 1.165) is 30.1 Å². The molecule has 144 valence electrons. The van der Waals surface area contributed by atoms with Crippen LogP contribution in [0.5, 0.6) is 0 Å². The molecule has 4 rings (SSSR count). The van der Waals surface area contributed by atoms with Gasteiger partial charge in [-0.05, 0) is 43.5 Å². The molecule has 2 atom stereocenters. The van der Waals surface area contributed by atoms with Crippen molar-refractivity contribution in [2.45, 2.75) is 37.5 Å². The molecule has 2 aliphatic heterocycles. The number of alkyl halides is 3. The van der Waals surface area contributed by atoms with Crippen molar-refractivity contribution in [1.29, 1.82) is 0 Å². The smallest absolute Gasteiger partial charge is 0.337 e. The monoisotopic (exact) mass is 398 g/mol. The van der Waals surface area contributed by atoms with Gasteiger partial charge in [0.05, 0.1) is 17.4 Å². The van der Waals surface area contributed by atoms with Gasteiger partial charge in [-0.3, -0.25) is 4.79 Å². The number of amides is 1. The molecule has 2 aromatic rings. The van der Waals surface area contributed by atoms with Crippen molar-refractivity contribution in [3.8, 4) is 5.69 Å². The van der Waals surface area contributed by atoms with Gasteiger partial charge in [0.25, 0.3) is 5.91 Å². The zero-order valence-corrected chi connectivity index (χ0v) is 15.1. The van der Waals surface area contributed by atoms with Crippen LogP contribution in [0.25, 0.3) is 5.69 Å². The number of hydrogen-bond acceptors (Lipinski definition) is 3. The van der Waals surface area contributed by atoms with E-state index in [9.17, 15) is 18.0 Å². The van der Waals surface area contributed by atoms with Gasteiger partial charge < -0.3 is 10.2 Å². The quantitative estimate of drug-likeness (QED) is 0.842. The molecule has 1 N–H and O–H groups in total. The molecule has 27 heavy (non-hydrogen) atoms. The summed E-state index contributed by atoms with van der Waals surface area (Å²) in [5.41, 5.74) is -1.28. The fraction of sp³-hybridized carbons (Fsp3) is 0.444. The molecule has 0 aliphatic carbocycles. The van der Waals surface area contributed by atoms with Crippen LogP contribution in [0, 0.1) is 0 Å². The fourth-order valence-electron chi connectivity index (χ4n) is 3.85. The average molecular weight is 399 g/mol. The lowest BCUT2D eigenvalue weighted by Crippen LogP contribution is -2.39. The van der Waals surface area contributed by atoms with Gasteiger partial charge in [0.15, 0.2) is 5.69 Å². The number of carbonyl (C=O) groups excluding carboxylic acids is 1. The van der Waals surface area contributed by atoms with E-state index < -0.39 is 23.3 Å². The summed E-state index contributed by atoms with van der Waals surface area (Å²) in [6, 6.07) is 6.32. The summed E-state index contributed by atoms with van der Waals surface area (Å²) in [6.45, 7) is 0.856. The molecule has 1 amide bonds. The molecule has 2 fully saturated rings. The van der Waals surface area contributed by atoms with Crippen molar-refractivity contribution in [1.82, 2.24) is 20.0 Å². The first-order valence-corrected chi connectivity index (χ1v) is 9.17. The normalized spacial score (nSPS) is 22.7. The highest BCUT2D eigenvalue weighted by Crippen LogP contribution is 2.35. The molecular weight excluding hydrogens is 381 g/mol. The van der Waals surface area contributed by atoms with Crippen LogP contribution in [0.2, 0.25) is 5.02 Å². The van der Waals surface area contributed by atoms with E-state index >= 15 is 0 Å². The molecule has 0 saturated carbocycles. The van der Waals surface area contributed by atoms with Crippen LogP contribution >= 0.6 is 11.6 Å². The Morgan fingerprint density at radius 1 is 1.15 bits per heavy atom. The SMILES string of the molecule is O=C(c1cnn(-c2ccc(Cl)cc2)c1C(F)(F)F)N1CCC2CCC(C1)N2. The van der Waals surface area contributed by atoms with Gasteiger partial charge in [-0.25, -0.2) is 4.68 Å². The number of nitrogens with one attached hydrogen (secondary N) is 1. The first-order chi connectivity index (χ1) is 12.8. The Labute approximate surface area is 159 Å². The maximum Gasteiger partial charge on any atom is 0.434 e. The Bertz CT molecular complexity index is 849. The Morgan fingerprint density at radius 3 is 2.56 bits per heavy atom. The first-order valence-electron chi connectivity index (χ1n) is 8.79.